The predicted molar refractivity (Wildman–Crippen MR) is 113 cm³/mol. The van der Waals surface area contributed by atoms with Crippen molar-refractivity contribution in [1.82, 2.24) is 20.2 Å². The minimum atomic E-state index is -0.477. The zero-order chi connectivity index (χ0) is 21.5. The van der Waals surface area contributed by atoms with E-state index in [1.807, 2.05) is 7.05 Å². The molecule has 0 spiro atoms. The topological polar surface area (TPSA) is 61.0 Å². The molecule has 1 aromatic heterocycles. The number of aryl methyl sites for hydroxylation is 2. The number of halogens is 2. The fourth-order valence-electron chi connectivity index (χ4n) is 3.54. The first-order valence-corrected chi connectivity index (χ1v) is 10.3. The molecule has 0 aliphatic rings. The third-order valence-electron chi connectivity index (χ3n) is 4.96. The summed E-state index contributed by atoms with van der Waals surface area (Å²) in [4.78, 5) is 16.9. The summed E-state index contributed by atoms with van der Waals surface area (Å²) in [6, 6.07) is 9.55. The van der Waals surface area contributed by atoms with E-state index in [9.17, 15) is 13.6 Å². The van der Waals surface area contributed by atoms with Gasteiger partial charge in [0.05, 0.1) is 11.0 Å². The molecule has 0 aliphatic heterocycles. The van der Waals surface area contributed by atoms with Crippen molar-refractivity contribution in [3.05, 3.63) is 65.0 Å². The van der Waals surface area contributed by atoms with Gasteiger partial charge in [-0.15, -0.1) is 0 Å². The Morgan fingerprint density at radius 3 is 2.80 bits per heavy atom. The minimum absolute atomic E-state index is 0.191. The fourth-order valence-corrected chi connectivity index (χ4v) is 3.54. The average molecular weight is 413 g/mol. The van der Waals surface area contributed by atoms with Crippen LogP contribution in [0.25, 0.3) is 11.0 Å². The standard InChI is InChI=1S/C23H27F2N4O/c1-3-11-29-21-10-7-16(14-26-2)12-20(21)28-22(29)15-27-23(30)6-4-5-17-13-18(24)8-9-19(17)25/h7-10,12-13,26H,3-6,11,14-15H2,1-2H3. The average Bonchev–Trinajstić information content (AvgIpc) is 3.06. The maximum absolute atomic E-state index is 13.7. The lowest BCUT2D eigenvalue weighted by atomic mass is 10.1. The molecular formula is C23H27F2N4O. The summed E-state index contributed by atoms with van der Waals surface area (Å²) in [6.07, 6.45) is 1.86. The third kappa shape index (κ3) is 5.42. The molecule has 3 aromatic rings. The number of carbonyl (C=O) groups excluding carboxylic acids is 1. The van der Waals surface area contributed by atoms with Crippen molar-refractivity contribution in [3.8, 4) is 0 Å². The van der Waals surface area contributed by atoms with Crippen LogP contribution < -0.4 is 10.6 Å². The monoisotopic (exact) mass is 413 g/mol. The van der Waals surface area contributed by atoms with Crippen LogP contribution >= 0.6 is 0 Å². The number of amides is 1. The van der Waals surface area contributed by atoms with E-state index in [-0.39, 0.29) is 24.4 Å². The first kappa shape index (κ1) is 21.9. The van der Waals surface area contributed by atoms with Crippen molar-refractivity contribution in [2.45, 2.75) is 52.2 Å². The van der Waals surface area contributed by atoms with E-state index in [1.54, 1.807) is 0 Å². The molecule has 1 N–H and O–H groups in total. The van der Waals surface area contributed by atoms with Crippen LogP contribution in [0, 0.1) is 11.6 Å². The lowest BCUT2D eigenvalue weighted by molar-refractivity contribution is -0.121. The van der Waals surface area contributed by atoms with E-state index in [2.05, 4.69) is 40.3 Å². The number of imidazole rings is 1. The summed E-state index contributed by atoms with van der Waals surface area (Å²) < 4.78 is 29.0. The Balaban J connectivity index is 1.60. The summed E-state index contributed by atoms with van der Waals surface area (Å²) in [5.41, 5.74) is 3.37. The van der Waals surface area contributed by atoms with Crippen molar-refractivity contribution < 1.29 is 13.6 Å². The number of benzene rings is 2. The van der Waals surface area contributed by atoms with Gasteiger partial charge >= 0.3 is 0 Å². The van der Waals surface area contributed by atoms with Crippen LogP contribution in [-0.2, 0) is 30.8 Å². The minimum Gasteiger partial charge on any atom is -0.326 e. The van der Waals surface area contributed by atoms with Crippen molar-refractivity contribution in [2.75, 3.05) is 7.05 Å². The molecule has 1 radical (unpaired) electrons. The lowest BCUT2D eigenvalue weighted by Gasteiger charge is -2.08. The Kier molecular flexibility index (Phi) is 7.52. The van der Waals surface area contributed by atoms with Crippen LogP contribution in [0.3, 0.4) is 0 Å². The van der Waals surface area contributed by atoms with Crippen molar-refractivity contribution in [2.24, 2.45) is 0 Å². The Labute approximate surface area is 175 Å². The van der Waals surface area contributed by atoms with Crippen LogP contribution in [0.15, 0.2) is 36.4 Å². The maximum Gasteiger partial charge on any atom is 0.241 e. The fraction of sp³-hybridized carbons (Fsp3) is 0.391. The Morgan fingerprint density at radius 1 is 1.20 bits per heavy atom. The van der Waals surface area contributed by atoms with E-state index in [0.717, 1.165) is 54.1 Å². The largest absolute Gasteiger partial charge is 0.326 e. The highest BCUT2D eigenvalue weighted by Gasteiger charge is 2.13. The van der Waals surface area contributed by atoms with Gasteiger partial charge in [0.2, 0.25) is 5.91 Å². The molecule has 0 aliphatic carbocycles. The van der Waals surface area contributed by atoms with Gasteiger partial charge in [-0.25, -0.2) is 19.1 Å². The molecule has 0 saturated carbocycles. The van der Waals surface area contributed by atoms with Gasteiger partial charge in [0, 0.05) is 19.5 Å². The van der Waals surface area contributed by atoms with E-state index in [4.69, 9.17) is 4.98 Å². The highest BCUT2D eigenvalue weighted by atomic mass is 19.1. The second-order valence-electron chi connectivity index (χ2n) is 7.33. The van der Waals surface area contributed by atoms with E-state index >= 15 is 0 Å². The summed E-state index contributed by atoms with van der Waals surface area (Å²) in [6.45, 7) is 3.88. The zero-order valence-electron chi connectivity index (χ0n) is 17.4. The summed E-state index contributed by atoms with van der Waals surface area (Å²) in [7, 11) is 1.90. The number of rotatable bonds is 10. The number of nitrogens with one attached hydrogen (secondary N) is 1. The second-order valence-corrected chi connectivity index (χ2v) is 7.33. The molecule has 0 saturated heterocycles. The smallest absolute Gasteiger partial charge is 0.241 e. The Bertz CT molecular complexity index is 1020. The molecule has 5 nitrogen and oxygen atoms in total. The van der Waals surface area contributed by atoms with Crippen LogP contribution in [-0.4, -0.2) is 22.5 Å². The van der Waals surface area contributed by atoms with Gasteiger partial charge in [-0.1, -0.05) is 13.0 Å². The molecule has 0 bridgehead atoms. The van der Waals surface area contributed by atoms with E-state index in [1.165, 1.54) is 6.07 Å². The van der Waals surface area contributed by atoms with Gasteiger partial charge in [-0.05, 0) is 67.8 Å². The molecule has 0 atom stereocenters. The van der Waals surface area contributed by atoms with Crippen LogP contribution in [0.5, 0.6) is 0 Å². The molecule has 0 fully saturated rings. The quantitative estimate of drug-likeness (QED) is 0.544. The number of carbonyl (C=O) groups is 1. The Morgan fingerprint density at radius 2 is 2.03 bits per heavy atom. The summed E-state index contributed by atoms with van der Waals surface area (Å²) in [5.74, 6) is -0.419. The number of fused-ring (bicyclic) bond motifs is 1. The molecule has 2 aromatic carbocycles. The predicted octanol–water partition coefficient (Wildman–Crippen LogP) is 4.10. The van der Waals surface area contributed by atoms with Crippen molar-refractivity contribution in [3.63, 3.8) is 0 Å². The molecule has 7 heteroatoms. The van der Waals surface area contributed by atoms with E-state index < -0.39 is 11.6 Å². The first-order valence-electron chi connectivity index (χ1n) is 10.3. The van der Waals surface area contributed by atoms with Crippen molar-refractivity contribution >= 4 is 16.9 Å². The van der Waals surface area contributed by atoms with Gasteiger partial charge in [0.25, 0.3) is 0 Å². The first-order chi connectivity index (χ1) is 14.5. The second kappa shape index (κ2) is 10.3. The van der Waals surface area contributed by atoms with Gasteiger partial charge in [-0.3, -0.25) is 4.79 Å². The lowest BCUT2D eigenvalue weighted by Crippen LogP contribution is -2.18. The van der Waals surface area contributed by atoms with Crippen LogP contribution in [0.2, 0.25) is 0 Å². The highest BCUT2D eigenvalue weighted by Crippen LogP contribution is 2.19. The van der Waals surface area contributed by atoms with Crippen LogP contribution in [0.4, 0.5) is 8.78 Å². The normalized spacial score (nSPS) is 11.2. The highest BCUT2D eigenvalue weighted by molar-refractivity contribution is 5.78. The SMILES string of the molecule is CCCn1c(C[N]C(=O)CCCc2cc(F)ccc2F)nc2cc(CNC)ccc21. The molecule has 0 unspecified atom stereocenters. The third-order valence-corrected chi connectivity index (χ3v) is 4.96. The van der Waals surface area contributed by atoms with Crippen LogP contribution in [0.1, 0.15) is 43.1 Å². The molecule has 3 rings (SSSR count). The Hall–Kier alpha value is -2.80. The molecule has 30 heavy (non-hydrogen) atoms. The summed E-state index contributed by atoms with van der Waals surface area (Å²) in [5, 5.41) is 7.29. The van der Waals surface area contributed by atoms with E-state index in [0.29, 0.717) is 12.8 Å². The molecular weight excluding hydrogens is 386 g/mol. The number of hydrogen-bond acceptors (Lipinski definition) is 3. The number of hydrogen-bond donors (Lipinski definition) is 1. The molecule has 1 heterocycles. The zero-order valence-corrected chi connectivity index (χ0v) is 17.4. The van der Waals surface area contributed by atoms with Gasteiger partial charge in [0.1, 0.15) is 24.0 Å². The number of aromatic nitrogens is 2. The maximum atomic E-state index is 13.7. The van der Waals surface area contributed by atoms with Gasteiger partial charge in [-0.2, -0.15) is 0 Å². The van der Waals surface area contributed by atoms with Gasteiger partial charge in [0.15, 0.2) is 0 Å². The molecule has 1 amide bonds. The van der Waals surface area contributed by atoms with Crippen molar-refractivity contribution in [1.29, 1.82) is 0 Å². The molecule has 159 valence electrons. The number of nitrogens with zero attached hydrogens (tertiary/aromatic N) is 3. The van der Waals surface area contributed by atoms with Gasteiger partial charge < -0.3 is 9.88 Å². The summed E-state index contributed by atoms with van der Waals surface area (Å²) >= 11 is 0.